The third-order valence-corrected chi connectivity index (χ3v) is 9.09. The maximum atomic E-state index is 13.3. The molecule has 192 valence electrons. The monoisotopic (exact) mass is 530 g/mol. The summed E-state index contributed by atoms with van der Waals surface area (Å²) in [6.07, 6.45) is 0. The molecular weight excluding hydrogens is 500 g/mol. The maximum absolute atomic E-state index is 13.3. The van der Waals surface area contributed by atoms with Gasteiger partial charge in [-0.25, -0.2) is 16.8 Å². The van der Waals surface area contributed by atoms with E-state index in [9.17, 15) is 26.4 Å². The minimum Gasteiger partial charge on any atom is -0.366 e. The van der Waals surface area contributed by atoms with Crippen LogP contribution in [0.25, 0.3) is 0 Å². The van der Waals surface area contributed by atoms with Gasteiger partial charge in [-0.3, -0.25) is 9.59 Å². The van der Waals surface area contributed by atoms with Crippen molar-refractivity contribution in [1.82, 2.24) is 0 Å². The normalized spacial score (nSPS) is 11.5. The van der Waals surface area contributed by atoms with Crippen molar-refractivity contribution in [2.75, 3.05) is 18.6 Å². The largest absolute Gasteiger partial charge is 0.366 e. The van der Waals surface area contributed by atoms with Crippen LogP contribution in [-0.4, -0.2) is 47.1 Å². The van der Waals surface area contributed by atoms with E-state index in [1.54, 1.807) is 24.3 Å². The molecule has 0 aromatic heterocycles. The van der Waals surface area contributed by atoms with Gasteiger partial charge in [-0.2, -0.15) is 0 Å². The minimum atomic E-state index is -3.97. The fraction of sp³-hybridized carbons (Fsp3) is 0.231. The molecule has 4 N–H and O–H groups in total. The van der Waals surface area contributed by atoms with Crippen molar-refractivity contribution in [2.45, 2.75) is 23.6 Å². The second kappa shape index (κ2) is 12.1. The third-order valence-electron chi connectivity index (χ3n) is 5.43. The molecule has 0 saturated carbocycles. The van der Waals surface area contributed by atoms with E-state index in [0.29, 0.717) is 0 Å². The van der Waals surface area contributed by atoms with Crippen molar-refractivity contribution in [2.24, 2.45) is 17.4 Å². The van der Waals surface area contributed by atoms with Crippen LogP contribution in [0.15, 0.2) is 82.6 Å². The first-order chi connectivity index (χ1) is 16.9. The van der Waals surface area contributed by atoms with Crippen LogP contribution in [0.3, 0.4) is 0 Å². The van der Waals surface area contributed by atoms with Gasteiger partial charge in [0.1, 0.15) is 0 Å². The van der Waals surface area contributed by atoms with E-state index >= 15 is 0 Å². The van der Waals surface area contributed by atoms with Crippen LogP contribution < -0.4 is 11.5 Å². The molecule has 0 heterocycles. The predicted molar refractivity (Wildman–Crippen MR) is 139 cm³/mol. The first-order valence-electron chi connectivity index (χ1n) is 11.0. The van der Waals surface area contributed by atoms with Crippen molar-refractivity contribution in [3.05, 3.63) is 95.1 Å². The first-order valence-corrected chi connectivity index (χ1v) is 14.3. The highest BCUT2D eigenvalue weighted by molar-refractivity contribution is 7.92. The summed E-state index contributed by atoms with van der Waals surface area (Å²) in [5.74, 6) is -4.06. The fourth-order valence-electron chi connectivity index (χ4n) is 3.45. The lowest BCUT2D eigenvalue weighted by atomic mass is 9.99. The number of primary amides is 1. The molecule has 0 atom stereocenters. The lowest BCUT2D eigenvalue weighted by molar-refractivity contribution is 0.0939. The molecule has 3 aromatic carbocycles. The van der Waals surface area contributed by atoms with Crippen molar-refractivity contribution in [3.8, 4) is 0 Å². The number of hydrogen-bond acceptors (Lipinski definition) is 7. The lowest BCUT2D eigenvalue weighted by Gasteiger charge is -2.17. The van der Waals surface area contributed by atoms with Crippen LogP contribution in [0, 0.1) is 19.8 Å². The van der Waals surface area contributed by atoms with E-state index in [4.69, 9.17) is 5.73 Å². The molecule has 0 aliphatic heterocycles. The van der Waals surface area contributed by atoms with Crippen molar-refractivity contribution in [3.63, 3.8) is 0 Å². The standard InChI is InChI=1S/C25H25NO6S2.CH5N/c1-17-3-11-22(12-4-17)33(29,30)15-21(16-34(31,32)23-13-5-18(2)6-14-23)24(27)19-7-9-20(10-8-19)25(26)28;1-2/h3-14,21H,15-16H2,1-2H3,(H2,26,28);2H2,1H3. The summed E-state index contributed by atoms with van der Waals surface area (Å²) >= 11 is 0. The van der Waals surface area contributed by atoms with Gasteiger partial charge >= 0.3 is 0 Å². The quantitative estimate of drug-likeness (QED) is 0.403. The van der Waals surface area contributed by atoms with Gasteiger partial charge in [-0.1, -0.05) is 47.5 Å². The van der Waals surface area contributed by atoms with Gasteiger partial charge in [-0.15, -0.1) is 0 Å². The number of sulfone groups is 2. The molecular formula is C26H30N2O6S2. The Morgan fingerprint density at radius 3 is 1.31 bits per heavy atom. The Bertz CT molecular complexity index is 1340. The number of benzene rings is 3. The summed E-state index contributed by atoms with van der Waals surface area (Å²) in [5, 5.41) is 0. The molecule has 3 rings (SSSR count). The van der Waals surface area contributed by atoms with Crippen LogP contribution in [-0.2, 0) is 19.7 Å². The molecule has 8 nitrogen and oxygen atoms in total. The number of carbonyl (C=O) groups excluding carboxylic acids is 2. The average molecular weight is 531 g/mol. The number of Topliss-reactive ketones (excluding diaryl/α,β-unsaturated/α-hetero) is 1. The number of nitrogens with two attached hydrogens (primary N) is 2. The van der Waals surface area contributed by atoms with E-state index in [-0.39, 0.29) is 20.9 Å². The summed E-state index contributed by atoms with van der Waals surface area (Å²) in [7, 11) is -6.44. The lowest BCUT2D eigenvalue weighted by Crippen LogP contribution is -2.31. The molecule has 1 amide bonds. The van der Waals surface area contributed by atoms with Gasteiger partial charge in [0.2, 0.25) is 5.91 Å². The van der Waals surface area contributed by atoms with E-state index < -0.39 is 48.8 Å². The Morgan fingerprint density at radius 2 is 0.972 bits per heavy atom. The van der Waals surface area contributed by atoms with Gasteiger partial charge in [-0.05, 0) is 57.3 Å². The number of aryl methyl sites for hydroxylation is 2. The van der Waals surface area contributed by atoms with E-state index in [0.717, 1.165) is 11.1 Å². The van der Waals surface area contributed by atoms with E-state index in [1.807, 2.05) is 13.8 Å². The van der Waals surface area contributed by atoms with Crippen LogP contribution in [0.4, 0.5) is 0 Å². The average Bonchev–Trinajstić information content (AvgIpc) is 2.84. The van der Waals surface area contributed by atoms with Crippen LogP contribution in [0.5, 0.6) is 0 Å². The van der Waals surface area contributed by atoms with Gasteiger partial charge in [0.15, 0.2) is 25.5 Å². The third kappa shape index (κ3) is 7.33. The maximum Gasteiger partial charge on any atom is 0.248 e. The molecule has 0 unspecified atom stereocenters. The second-order valence-electron chi connectivity index (χ2n) is 8.19. The number of carbonyl (C=O) groups is 2. The Labute approximate surface area is 212 Å². The SMILES string of the molecule is CN.Cc1ccc(S(=O)(=O)CC(CS(=O)(=O)c2ccc(C)cc2)C(=O)c2ccc(C(N)=O)cc2)cc1. The number of rotatable bonds is 9. The molecule has 3 aromatic rings. The van der Waals surface area contributed by atoms with Gasteiger partial charge in [0.05, 0.1) is 27.2 Å². The Balaban J connectivity index is 0.00000222. The summed E-state index contributed by atoms with van der Waals surface area (Å²) in [6.45, 7) is 3.62. The zero-order valence-corrected chi connectivity index (χ0v) is 22.0. The van der Waals surface area contributed by atoms with E-state index in [2.05, 4.69) is 5.73 Å². The van der Waals surface area contributed by atoms with Crippen molar-refractivity contribution >= 4 is 31.4 Å². The molecule has 0 aliphatic carbocycles. The zero-order valence-electron chi connectivity index (χ0n) is 20.3. The Kier molecular flexibility index (Phi) is 9.69. The Morgan fingerprint density at radius 1 is 0.639 bits per heavy atom. The number of amides is 1. The highest BCUT2D eigenvalue weighted by Crippen LogP contribution is 2.23. The summed E-state index contributed by atoms with van der Waals surface area (Å²) < 4.78 is 52.4. The molecule has 0 fully saturated rings. The van der Waals surface area contributed by atoms with Crippen molar-refractivity contribution in [1.29, 1.82) is 0 Å². The molecule has 10 heteroatoms. The minimum absolute atomic E-state index is 0.00714. The number of ketones is 1. The highest BCUT2D eigenvalue weighted by atomic mass is 32.2. The summed E-state index contributed by atoms with van der Waals surface area (Å²) in [4.78, 5) is 24.7. The molecule has 0 spiro atoms. The molecule has 0 bridgehead atoms. The fourth-order valence-corrected chi connectivity index (χ4v) is 6.68. The first kappa shape index (κ1) is 28.9. The highest BCUT2D eigenvalue weighted by Gasteiger charge is 2.32. The molecule has 0 aliphatic rings. The topological polar surface area (TPSA) is 154 Å². The Hall–Kier alpha value is -3.34. The van der Waals surface area contributed by atoms with Crippen LogP contribution in [0.1, 0.15) is 31.8 Å². The number of hydrogen-bond donors (Lipinski definition) is 2. The van der Waals surface area contributed by atoms with E-state index in [1.165, 1.54) is 55.6 Å². The molecule has 36 heavy (non-hydrogen) atoms. The van der Waals surface area contributed by atoms with Gasteiger partial charge in [0.25, 0.3) is 0 Å². The molecule has 0 radical (unpaired) electrons. The zero-order chi connectivity index (χ0) is 27.1. The van der Waals surface area contributed by atoms with Crippen LogP contribution in [0.2, 0.25) is 0 Å². The van der Waals surface area contributed by atoms with Crippen LogP contribution >= 0.6 is 0 Å². The molecule has 0 saturated heterocycles. The smallest absolute Gasteiger partial charge is 0.248 e. The summed E-state index contributed by atoms with van der Waals surface area (Å²) in [5.41, 5.74) is 11.7. The van der Waals surface area contributed by atoms with Gasteiger partial charge < -0.3 is 11.5 Å². The van der Waals surface area contributed by atoms with Crippen molar-refractivity contribution < 1.29 is 26.4 Å². The second-order valence-corrected chi connectivity index (χ2v) is 12.3. The predicted octanol–water partition coefficient (Wildman–Crippen LogP) is 2.72. The van der Waals surface area contributed by atoms with Gasteiger partial charge in [0, 0.05) is 11.1 Å². The summed E-state index contributed by atoms with van der Waals surface area (Å²) in [6, 6.07) is 17.6.